The van der Waals surface area contributed by atoms with Crippen LogP contribution in [0.25, 0.3) is 99.2 Å². The molecule has 13 rings (SSSR count). The quantitative estimate of drug-likeness (QED) is 0.174. The van der Waals surface area contributed by atoms with Crippen LogP contribution in [0.5, 0.6) is 0 Å². The number of rotatable bonds is 5. The Balaban J connectivity index is 1.05. The Labute approximate surface area is 351 Å². The van der Waals surface area contributed by atoms with Crippen LogP contribution in [0.2, 0.25) is 0 Å². The van der Waals surface area contributed by atoms with Crippen molar-refractivity contribution in [3.63, 3.8) is 0 Å². The van der Waals surface area contributed by atoms with Crippen molar-refractivity contribution in [1.82, 2.24) is 0 Å². The van der Waals surface area contributed by atoms with E-state index in [1.165, 1.54) is 27.8 Å². The lowest BCUT2D eigenvalue weighted by Gasteiger charge is -2.26. The minimum Gasteiger partial charge on any atom is -0.456 e. The highest BCUT2D eigenvalue weighted by molar-refractivity contribution is 6.24. The first-order valence-corrected chi connectivity index (χ1v) is 20.9. The van der Waals surface area contributed by atoms with E-state index in [1.807, 2.05) is 18.2 Å². The molecule has 12 aromatic rings. The molecule has 0 radical (unpaired) electrons. The Morgan fingerprint density at radius 1 is 0.377 bits per heavy atom. The molecule has 4 nitrogen and oxygen atoms in total. The van der Waals surface area contributed by atoms with E-state index in [0.717, 1.165) is 99.6 Å². The van der Waals surface area contributed by atoms with E-state index in [1.54, 1.807) is 0 Å². The molecule has 0 saturated carbocycles. The first kappa shape index (κ1) is 34.1. The van der Waals surface area contributed by atoms with Crippen molar-refractivity contribution in [3.05, 3.63) is 199 Å². The minimum absolute atomic E-state index is 0.151. The zero-order valence-electron chi connectivity index (χ0n) is 33.6. The van der Waals surface area contributed by atoms with Crippen molar-refractivity contribution in [2.75, 3.05) is 4.90 Å². The van der Waals surface area contributed by atoms with Gasteiger partial charge in [-0.2, -0.15) is 0 Å². The molecule has 0 bridgehead atoms. The van der Waals surface area contributed by atoms with Crippen LogP contribution in [-0.2, 0) is 5.41 Å². The van der Waals surface area contributed by atoms with Crippen LogP contribution in [0.1, 0.15) is 25.0 Å². The molecule has 3 aromatic heterocycles. The summed E-state index contributed by atoms with van der Waals surface area (Å²) in [7, 11) is 0. The molecule has 0 aliphatic heterocycles. The Kier molecular flexibility index (Phi) is 7.04. The zero-order valence-corrected chi connectivity index (χ0v) is 33.6. The lowest BCUT2D eigenvalue weighted by Crippen LogP contribution is -2.14. The van der Waals surface area contributed by atoms with Gasteiger partial charge in [0, 0.05) is 54.7 Å². The lowest BCUT2D eigenvalue weighted by atomic mass is 9.81. The van der Waals surface area contributed by atoms with E-state index in [-0.39, 0.29) is 5.41 Å². The molecule has 3 heterocycles. The third-order valence-electron chi connectivity index (χ3n) is 13.1. The number of hydrogen-bond acceptors (Lipinski definition) is 4. The number of para-hydroxylation sites is 3. The van der Waals surface area contributed by atoms with Crippen molar-refractivity contribution in [1.29, 1.82) is 0 Å². The highest BCUT2D eigenvalue weighted by Gasteiger charge is 2.36. The number of nitrogens with zero attached hydrogens (tertiary/aromatic N) is 1. The summed E-state index contributed by atoms with van der Waals surface area (Å²) in [4.78, 5) is 2.30. The van der Waals surface area contributed by atoms with Gasteiger partial charge in [-0.1, -0.05) is 141 Å². The summed E-state index contributed by atoms with van der Waals surface area (Å²) in [5.74, 6) is 0. The molecule has 9 aromatic carbocycles. The number of furan rings is 3. The maximum absolute atomic E-state index is 7.04. The zero-order chi connectivity index (χ0) is 40.4. The summed E-state index contributed by atoms with van der Waals surface area (Å²) in [6.07, 6.45) is 0. The third-order valence-corrected chi connectivity index (χ3v) is 13.1. The number of benzene rings is 9. The first-order valence-electron chi connectivity index (χ1n) is 20.9. The monoisotopic (exact) mass is 783 g/mol. The van der Waals surface area contributed by atoms with Crippen LogP contribution >= 0.6 is 0 Å². The van der Waals surface area contributed by atoms with Gasteiger partial charge >= 0.3 is 0 Å². The van der Waals surface area contributed by atoms with Crippen LogP contribution in [0.15, 0.2) is 201 Å². The largest absolute Gasteiger partial charge is 0.456 e. The standard InChI is InChI=1S/C57H37NO3/c1-57(2)46-19-9-6-15-39(46)40-29-25-36(31-47(40)57)53-54-43-17-8-11-22-50(43)59-52(54)33-45-44-32-38(28-30-51(44)61-56(45)53)58(37-26-23-35(24-27-37)34-13-4-3-5-14-34)48-20-12-18-42-41-16-7-10-21-49(41)60-55(42)48/h3-33H,1-2H3. The summed E-state index contributed by atoms with van der Waals surface area (Å²) in [6, 6.07) is 66.8. The molecule has 0 saturated heterocycles. The van der Waals surface area contributed by atoms with Gasteiger partial charge in [-0.05, 0) is 99.6 Å². The summed E-state index contributed by atoms with van der Waals surface area (Å²) in [5.41, 5.74) is 17.6. The SMILES string of the molecule is CC1(C)c2ccccc2-c2ccc(-c3c4oc5ccc(N(c6ccc(-c7ccccc7)cc6)c6cccc7c6oc6ccccc67)cc5c4cc4oc5ccccc5c34)cc21. The Hall–Kier alpha value is -7.82. The van der Waals surface area contributed by atoms with Crippen LogP contribution in [0.3, 0.4) is 0 Å². The molecule has 288 valence electrons. The van der Waals surface area contributed by atoms with Crippen LogP contribution in [0.4, 0.5) is 17.1 Å². The maximum atomic E-state index is 7.04. The Morgan fingerprint density at radius 2 is 1.02 bits per heavy atom. The molecule has 1 aliphatic carbocycles. The summed E-state index contributed by atoms with van der Waals surface area (Å²) in [5, 5.41) is 6.31. The smallest absolute Gasteiger partial charge is 0.159 e. The average Bonchev–Trinajstić information content (AvgIpc) is 4.04. The molecule has 4 heteroatoms. The topological polar surface area (TPSA) is 42.7 Å². The van der Waals surface area contributed by atoms with E-state index in [2.05, 4.69) is 189 Å². The van der Waals surface area contributed by atoms with Gasteiger partial charge in [0.2, 0.25) is 0 Å². The highest BCUT2D eigenvalue weighted by atomic mass is 16.3. The molecule has 0 fully saturated rings. The predicted octanol–water partition coefficient (Wildman–Crippen LogP) is 16.5. The van der Waals surface area contributed by atoms with Crippen LogP contribution in [0, 0.1) is 0 Å². The van der Waals surface area contributed by atoms with Crippen molar-refractivity contribution in [2.45, 2.75) is 19.3 Å². The molecule has 0 atom stereocenters. The van der Waals surface area contributed by atoms with Gasteiger partial charge in [0.15, 0.2) is 5.58 Å². The fraction of sp³-hybridized carbons (Fsp3) is 0.0526. The molecule has 0 unspecified atom stereocenters. The van der Waals surface area contributed by atoms with E-state index < -0.39 is 0 Å². The van der Waals surface area contributed by atoms with Crippen LogP contribution < -0.4 is 4.90 Å². The van der Waals surface area contributed by atoms with E-state index in [9.17, 15) is 0 Å². The molecular formula is C57H37NO3. The van der Waals surface area contributed by atoms with E-state index in [0.29, 0.717) is 0 Å². The maximum Gasteiger partial charge on any atom is 0.159 e. The summed E-state index contributed by atoms with van der Waals surface area (Å²) >= 11 is 0. The predicted molar refractivity (Wildman–Crippen MR) is 251 cm³/mol. The average molecular weight is 784 g/mol. The summed E-state index contributed by atoms with van der Waals surface area (Å²) < 4.78 is 20.4. The van der Waals surface area contributed by atoms with Gasteiger partial charge in [-0.3, -0.25) is 0 Å². The number of anilines is 3. The Morgan fingerprint density at radius 3 is 1.87 bits per heavy atom. The van der Waals surface area contributed by atoms with Gasteiger partial charge in [0.1, 0.15) is 27.9 Å². The van der Waals surface area contributed by atoms with Gasteiger partial charge in [-0.15, -0.1) is 0 Å². The second-order valence-electron chi connectivity index (χ2n) is 16.8. The Bertz CT molecular complexity index is 3730. The van der Waals surface area contributed by atoms with Gasteiger partial charge in [0.25, 0.3) is 0 Å². The van der Waals surface area contributed by atoms with E-state index >= 15 is 0 Å². The van der Waals surface area contributed by atoms with Crippen molar-refractivity contribution in [2.24, 2.45) is 0 Å². The normalized spacial score (nSPS) is 13.2. The van der Waals surface area contributed by atoms with Crippen molar-refractivity contribution < 1.29 is 13.3 Å². The van der Waals surface area contributed by atoms with Crippen molar-refractivity contribution >= 4 is 82.9 Å². The fourth-order valence-corrected chi connectivity index (χ4v) is 10.1. The second-order valence-corrected chi connectivity index (χ2v) is 16.8. The second kappa shape index (κ2) is 12.6. The van der Waals surface area contributed by atoms with Crippen LogP contribution in [-0.4, -0.2) is 0 Å². The highest BCUT2D eigenvalue weighted by Crippen LogP contribution is 2.52. The van der Waals surface area contributed by atoms with Crippen molar-refractivity contribution in [3.8, 4) is 33.4 Å². The minimum atomic E-state index is -0.151. The molecule has 61 heavy (non-hydrogen) atoms. The third kappa shape index (κ3) is 4.93. The number of hydrogen-bond donors (Lipinski definition) is 0. The first-order chi connectivity index (χ1) is 30.0. The lowest BCUT2D eigenvalue weighted by molar-refractivity contribution is 0.660. The van der Waals surface area contributed by atoms with Gasteiger partial charge in [0.05, 0.1) is 5.69 Å². The molecule has 0 spiro atoms. The molecule has 0 N–H and O–H groups in total. The number of fused-ring (bicyclic) bond motifs is 12. The molecular weight excluding hydrogens is 747 g/mol. The molecule has 0 amide bonds. The summed E-state index contributed by atoms with van der Waals surface area (Å²) in [6.45, 7) is 4.67. The van der Waals surface area contributed by atoms with Gasteiger partial charge in [-0.25, -0.2) is 0 Å². The fourth-order valence-electron chi connectivity index (χ4n) is 10.1. The van der Waals surface area contributed by atoms with Gasteiger partial charge < -0.3 is 18.2 Å². The van der Waals surface area contributed by atoms with E-state index in [4.69, 9.17) is 13.3 Å². The molecule has 1 aliphatic rings.